The first kappa shape index (κ1) is 20.2. The Morgan fingerprint density at radius 2 is 2.10 bits per heavy atom. The SMILES string of the molecule is CN/C=C1\C(=N)CC[C@@H](NC(=O)c2nn(Cc3ccccc3)cc2F)C(=O)N1C. The number of carbonyl (C=O) groups is 2. The normalized spacial score (nSPS) is 18.7. The average Bonchev–Trinajstić information content (AvgIpc) is 3.04. The smallest absolute Gasteiger partial charge is 0.275 e. The number of benzene rings is 1. The molecule has 1 aliphatic rings. The van der Waals surface area contributed by atoms with E-state index in [1.807, 2.05) is 30.3 Å². The first-order valence-electron chi connectivity index (χ1n) is 9.21. The van der Waals surface area contributed by atoms with Gasteiger partial charge in [-0.3, -0.25) is 14.3 Å². The fraction of sp³-hybridized carbons (Fsp3) is 0.300. The molecular weight excluding hydrogens is 375 g/mol. The van der Waals surface area contributed by atoms with Gasteiger partial charge in [0.1, 0.15) is 6.04 Å². The fourth-order valence-electron chi connectivity index (χ4n) is 3.18. The summed E-state index contributed by atoms with van der Waals surface area (Å²) in [5.74, 6) is -1.88. The maximum atomic E-state index is 14.3. The number of halogens is 1. The molecule has 1 aromatic heterocycles. The zero-order chi connectivity index (χ0) is 21.0. The molecule has 0 spiro atoms. The Morgan fingerprint density at radius 1 is 1.38 bits per heavy atom. The van der Waals surface area contributed by atoms with Gasteiger partial charge in [-0.15, -0.1) is 0 Å². The number of allylic oxidation sites excluding steroid dienone is 1. The molecule has 1 aliphatic heterocycles. The lowest BCUT2D eigenvalue weighted by atomic mass is 10.1. The monoisotopic (exact) mass is 398 g/mol. The summed E-state index contributed by atoms with van der Waals surface area (Å²) in [5, 5.41) is 17.5. The van der Waals surface area contributed by atoms with E-state index in [0.717, 1.165) is 11.8 Å². The highest BCUT2D eigenvalue weighted by molar-refractivity contribution is 6.04. The molecule has 3 rings (SSSR count). The second-order valence-corrected chi connectivity index (χ2v) is 6.77. The Kier molecular flexibility index (Phi) is 6.06. The zero-order valence-electron chi connectivity index (χ0n) is 16.3. The van der Waals surface area contributed by atoms with Crippen LogP contribution in [0.3, 0.4) is 0 Å². The van der Waals surface area contributed by atoms with E-state index in [2.05, 4.69) is 15.7 Å². The van der Waals surface area contributed by atoms with Gasteiger partial charge in [0.05, 0.1) is 24.2 Å². The second-order valence-electron chi connectivity index (χ2n) is 6.77. The van der Waals surface area contributed by atoms with Gasteiger partial charge in [0, 0.05) is 20.3 Å². The maximum absolute atomic E-state index is 14.3. The summed E-state index contributed by atoms with van der Waals surface area (Å²) in [5.41, 5.74) is 1.28. The highest BCUT2D eigenvalue weighted by Gasteiger charge is 2.32. The summed E-state index contributed by atoms with van der Waals surface area (Å²) in [6, 6.07) is 8.50. The summed E-state index contributed by atoms with van der Waals surface area (Å²) in [7, 11) is 3.22. The van der Waals surface area contributed by atoms with Crippen LogP contribution in [-0.2, 0) is 11.3 Å². The molecule has 0 unspecified atom stereocenters. The van der Waals surface area contributed by atoms with Crippen molar-refractivity contribution >= 4 is 17.5 Å². The minimum absolute atomic E-state index is 0.251. The number of rotatable bonds is 5. The number of hydrogen-bond acceptors (Lipinski definition) is 5. The molecular formula is C20H23FN6O2. The van der Waals surface area contributed by atoms with Crippen molar-refractivity contribution in [1.82, 2.24) is 25.3 Å². The first-order chi connectivity index (χ1) is 13.9. The van der Waals surface area contributed by atoms with Crippen LogP contribution in [-0.4, -0.2) is 52.3 Å². The number of nitrogens with one attached hydrogen (secondary N) is 3. The van der Waals surface area contributed by atoms with Crippen molar-refractivity contribution in [3.63, 3.8) is 0 Å². The highest BCUT2D eigenvalue weighted by atomic mass is 19.1. The Bertz CT molecular complexity index is 953. The molecule has 2 heterocycles. The van der Waals surface area contributed by atoms with Crippen LogP contribution in [0.25, 0.3) is 0 Å². The third-order valence-corrected chi connectivity index (χ3v) is 4.69. The van der Waals surface area contributed by atoms with Crippen LogP contribution in [0.2, 0.25) is 0 Å². The van der Waals surface area contributed by atoms with Crippen LogP contribution < -0.4 is 10.6 Å². The standard InChI is InChI=1S/C20H23FN6O2/c1-23-10-17-15(22)8-9-16(20(29)26(17)2)24-19(28)18-14(21)12-27(25-18)11-13-6-4-3-5-7-13/h3-7,10,12,16,22-23H,8-9,11H2,1-2H3,(H,24,28)/b17-10+,22-15?/t16-/m1/s1. The van der Waals surface area contributed by atoms with Crippen LogP contribution >= 0.6 is 0 Å². The van der Waals surface area contributed by atoms with Gasteiger partial charge in [0.2, 0.25) is 5.91 Å². The third-order valence-electron chi connectivity index (χ3n) is 4.69. The molecule has 8 nitrogen and oxygen atoms in total. The third kappa shape index (κ3) is 4.50. The number of likely N-dealkylation sites (tertiary alicyclic amines) is 1. The minimum atomic E-state index is -0.866. The summed E-state index contributed by atoms with van der Waals surface area (Å²) in [6.45, 7) is 0.325. The second kappa shape index (κ2) is 8.68. The lowest BCUT2D eigenvalue weighted by Crippen LogP contribution is -2.46. The van der Waals surface area contributed by atoms with Crippen molar-refractivity contribution in [2.75, 3.05) is 14.1 Å². The lowest BCUT2D eigenvalue weighted by Gasteiger charge is -2.22. The largest absolute Gasteiger partial charge is 0.392 e. The topological polar surface area (TPSA) is 103 Å². The van der Waals surface area contributed by atoms with Crippen LogP contribution in [0.4, 0.5) is 4.39 Å². The van der Waals surface area contributed by atoms with E-state index in [9.17, 15) is 14.0 Å². The molecule has 152 valence electrons. The van der Waals surface area contributed by atoms with E-state index in [1.165, 1.54) is 9.58 Å². The molecule has 2 amide bonds. The van der Waals surface area contributed by atoms with Gasteiger partial charge < -0.3 is 20.9 Å². The predicted octanol–water partition coefficient (Wildman–Crippen LogP) is 1.50. The van der Waals surface area contributed by atoms with E-state index < -0.39 is 17.8 Å². The van der Waals surface area contributed by atoms with Gasteiger partial charge in [0.25, 0.3) is 5.91 Å². The number of likely N-dealkylation sites (N-methyl/N-ethyl adjacent to an activating group) is 1. The Hall–Kier alpha value is -3.49. The van der Waals surface area contributed by atoms with Gasteiger partial charge in [-0.25, -0.2) is 4.39 Å². The first-order valence-corrected chi connectivity index (χ1v) is 9.21. The minimum Gasteiger partial charge on any atom is -0.392 e. The molecule has 0 aliphatic carbocycles. The molecule has 0 radical (unpaired) electrons. The molecule has 2 aromatic rings. The van der Waals surface area contributed by atoms with Crippen LogP contribution in [0, 0.1) is 11.2 Å². The number of hydrogen-bond donors (Lipinski definition) is 3. The van der Waals surface area contributed by atoms with E-state index in [1.54, 1.807) is 20.3 Å². The van der Waals surface area contributed by atoms with Crippen molar-refractivity contribution in [3.8, 4) is 0 Å². The Labute approximate surface area is 167 Å². The quantitative estimate of drug-likeness (QED) is 0.710. The number of aromatic nitrogens is 2. The van der Waals surface area contributed by atoms with Gasteiger partial charge >= 0.3 is 0 Å². The summed E-state index contributed by atoms with van der Waals surface area (Å²) in [6.07, 6.45) is 3.28. The molecule has 1 fully saturated rings. The molecule has 29 heavy (non-hydrogen) atoms. The predicted molar refractivity (Wildman–Crippen MR) is 106 cm³/mol. The molecule has 1 atom stereocenters. The molecule has 0 saturated carbocycles. The van der Waals surface area contributed by atoms with Crippen molar-refractivity contribution in [1.29, 1.82) is 5.41 Å². The fourth-order valence-corrected chi connectivity index (χ4v) is 3.18. The molecule has 1 aromatic carbocycles. The van der Waals surface area contributed by atoms with E-state index in [4.69, 9.17) is 5.41 Å². The van der Waals surface area contributed by atoms with Crippen molar-refractivity contribution in [2.24, 2.45) is 0 Å². The zero-order valence-corrected chi connectivity index (χ0v) is 16.3. The van der Waals surface area contributed by atoms with E-state index in [0.29, 0.717) is 18.7 Å². The molecule has 0 bridgehead atoms. The maximum Gasteiger partial charge on any atom is 0.275 e. The van der Waals surface area contributed by atoms with Gasteiger partial charge in [-0.2, -0.15) is 5.10 Å². The molecule has 9 heteroatoms. The van der Waals surface area contributed by atoms with Gasteiger partial charge in [0.15, 0.2) is 11.5 Å². The van der Waals surface area contributed by atoms with Gasteiger partial charge in [-0.1, -0.05) is 30.3 Å². The average molecular weight is 398 g/mol. The molecule has 3 N–H and O–H groups in total. The van der Waals surface area contributed by atoms with E-state index in [-0.39, 0.29) is 23.7 Å². The molecule has 1 saturated heterocycles. The van der Waals surface area contributed by atoms with Gasteiger partial charge in [-0.05, 0) is 18.4 Å². The number of carbonyl (C=O) groups excluding carboxylic acids is 2. The highest BCUT2D eigenvalue weighted by Crippen LogP contribution is 2.18. The summed E-state index contributed by atoms with van der Waals surface area (Å²) >= 11 is 0. The van der Waals surface area contributed by atoms with Crippen molar-refractivity contribution < 1.29 is 14.0 Å². The number of amides is 2. The van der Waals surface area contributed by atoms with Crippen molar-refractivity contribution in [3.05, 3.63) is 65.5 Å². The summed E-state index contributed by atoms with van der Waals surface area (Å²) in [4.78, 5) is 26.6. The van der Waals surface area contributed by atoms with Crippen LogP contribution in [0.15, 0.2) is 48.4 Å². The Morgan fingerprint density at radius 3 is 2.79 bits per heavy atom. The van der Waals surface area contributed by atoms with Crippen molar-refractivity contribution in [2.45, 2.75) is 25.4 Å². The number of nitrogens with zero attached hydrogens (tertiary/aromatic N) is 3. The van der Waals surface area contributed by atoms with E-state index >= 15 is 0 Å². The van der Waals surface area contributed by atoms with Crippen LogP contribution in [0.1, 0.15) is 28.9 Å². The Balaban J connectivity index is 1.74. The summed E-state index contributed by atoms with van der Waals surface area (Å²) < 4.78 is 15.7. The lowest BCUT2D eigenvalue weighted by molar-refractivity contribution is -0.129. The van der Waals surface area contributed by atoms with Crippen LogP contribution in [0.5, 0.6) is 0 Å².